The molecule has 4 rings (SSSR count). The van der Waals surface area contributed by atoms with E-state index in [0.717, 1.165) is 60.8 Å². The molecule has 1 aromatic carbocycles. The molecule has 2 aromatic heterocycles. The summed E-state index contributed by atoms with van der Waals surface area (Å²) < 4.78 is 18.0. The van der Waals surface area contributed by atoms with Crippen molar-refractivity contribution in [1.82, 2.24) is 9.97 Å². The van der Waals surface area contributed by atoms with Crippen LogP contribution in [0.15, 0.2) is 47.2 Å². The monoisotopic (exact) mass is 462 g/mol. The Hall–Kier alpha value is -3.15. The van der Waals surface area contributed by atoms with Crippen molar-refractivity contribution < 1.29 is 18.7 Å². The number of fused-ring (bicyclic) bond motifs is 1. The molecule has 0 unspecified atom stereocenters. The molecule has 6 nitrogen and oxygen atoms in total. The number of esters is 1. The molecular formula is C28H34N2O4. The fourth-order valence-electron chi connectivity index (χ4n) is 4.34. The van der Waals surface area contributed by atoms with Crippen LogP contribution >= 0.6 is 0 Å². The Morgan fingerprint density at radius 3 is 2.65 bits per heavy atom. The zero-order valence-corrected chi connectivity index (χ0v) is 20.6. The molecule has 0 saturated carbocycles. The van der Waals surface area contributed by atoms with Crippen LogP contribution < -0.4 is 4.74 Å². The number of carbonyl (C=O) groups excluding carboxylic acids is 1. The van der Waals surface area contributed by atoms with Crippen LogP contribution in [-0.2, 0) is 9.53 Å². The molecule has 1 atom stereocenters. The Bertz CT molecular complexity index is 1160. The van der Waals surface area contributed by atoms with Gasteiger partial charge in [0.25, 0.3) is 0 Å². The molecule has 6 heteroatoms. The molecule has 0 amide bonds. The molecule has 34 heavy (non-hydrogen) atoms. The van der Waals surface area contributed by atoms with Gasteiger partial charge in [0.15, 0.2) is 0 Å². The third kappa shape index (κ3) is 5.85. The SMILES string of the molecule is C[C@H](CCCCC(=O)OC(C)(C)C)Oc1ncnc2oc(-c3ccccc3)c(C3=CCCC3)c12. The summed E-state index contributed by atoms with van der Waals surface area (Å²) >= 11 is 0. The number of unbranched alkanes of at least 4 members (excludes halogenated alkanes) is 1. The molecule has 1 aliphatic rings. The van der Waals surface area contributed by atoms with Gasteiger partial charge in [-0.25, -0.2) is 9.97 Å². The summed E-state index contributed by atoms with van der Waals surface area (Å²) in [5.74, 6) is 1.22. The summed E-state index contributed by atoms with van der Waals surface area (Å²) in [6.45, 7) is 7.70. The summed E-state index contributed by atoms with van der Waals surface area (Å²) in [4.78, 5) is 20.8. The number of furan rings is 1. The maximum atomic E-state index is 11.9. The summed E-state index contributed by atoms with van der Waals surface area (Å²) in [6, 6.07) is 10.1. The maximum Gasteiger partial charge on any atom is 0.306 e. The summed E-state index contributed by atoms with van der Waals surface area (Å²) in [5.41, 5.74) is 3.43. The predicted molar refractivity (Wildman–Crippen MR) is 133 cm³/mol. The molecule has 0 saturated heterocycles. The topological polar surface area (TPSA) is 74.5 Å². The molecule has 0 fully saturated rings. The van der Waals surface area contributed by atoms with Gasteiger partial charge in [0, 0.05) is 17.5 Å². The lowest BCUT2D eigenvalue weighted by Gasteiger charge is -2.19. The highest BCUT2D eigenvalue weighted by Crippen LogP contribution is 2.44. The quantitative estimate of drug-likeness (QED) is 0.249. The average Bonchev–Trinajstić information content (AvgIpc) is 3.44. The second-order valence-electron chi connectivity index (χ2n) is 9.91. The molecule has 180 valence electrons. The van der Waals surface area contributed by atoms with Crippen molar-refractivity contribution in [3.63, 3.8) is 0 Å². The first kappa shape index (κ1) is 24.0. The Labute approximate surface area is 201 Å². The molecular weight excluding hydrogens is 428 g/mol. The van der Waals surface area contributed by atoms with Crippen molar-refractivity contribution in [2.75, 3.05) is 0 Å². The molecule has 0 bridgehead atoms. The van der Waals surface area contributed by atoms with E-state index in [4.69, 9.17) is 13.9 Å². The Balaban J connectivity index is 1.51. The van der Waals surface area contributed by atoms with Crippen molar-refractivity contribution in [1.29, 1.82) is 0 Å². The van der Waals surface area contributed by atoms with Crippen LogP contribution in [0.5, 0.6) is 5.88 Å². The van der Waals surface area contributed by atoms with Crippen molar-refractivity contribution in [3.05, 3.63) is 48.3 Å². The minimum absolute atomic E-state index is 0.0581. The molecule has 2 heterocycles. The van der Waals surface area contributed by atoms with Gasteiger partial charge in [-0.3, -0.25) is 4.79 Å². The number of allylic oxidation sites excluding steroid dienone is 2. The van der Waals surface area contributed by atoms with Crippen molar-refractivity contribution >= 4 is 22.6 Å². The highest BCUT2D eigenvalue weighted by atomic mass is 16.6. The molecule has 0 spiro atoms. The second-order valence-corrected chi connectivity index (χ2v) is 9.91. The predicted octanol–water partition coefficient (Wildman–Crippen LogP) is 7.13. The van der Waals surface area contributed by atoms with Gasteiger partial charge in [0.05, 0.1) is 6.10 Å². The smallest absolute Gasteiger partial charge is 0.306 e. The van der Waals surface area contributed by atoms with Crippen LogP contribution in [0.4, 0.5) is 0 Å². The lowest BCUT2D eigenvalue weighted by Crippen LogP contribution is -2.23. The van der Waals surface area contributed by atoms with Crippen molar-refractivity contribution in [2.45, 2.75) is 84.3 Å². The maximum absolute atomic E-state index is 11.9. The fraction of sp³-hybridized carbons (Fsp3) is 0.464. The van der Waals surface area contributed by atoms with E-state index in [9.17, 15) is 4.79 Å². The molecule has 1 aliphatic carbocycles. The lowest BCUT2D eigenvalue weighted by molar-refractivity contribution is -0.154. The summed E-state index contributed by atoms with van der Waals surface area (Å²) in [5, 5.41) is 0.843. The lowest BCUT2D eigenvalue weighted by atomic mass is 9.99. The first-order valence-corrected chi connectivity index (χ1v) is 12.2. The fourth-order valence-corrected chi connectivity index (χ4v) is 4.34. The van der Waals surface area contributed by atoms with Crippen LogP contribution in [0, 0.1) is 0 Å². The summed E-state index contributed by atoms with van der Waals surface area (Å²) in [6.07, 6.45) is 9.80. The van der Waals surface area contributed by atoms with Crippen LogP contribution in [0.3, 0.4) is 0 Å². The Kier molecular flexibility index (Phi) is 7.35. The standard InChI is InChI=1S/C28H34N2O4/c1-19(12-8-11-17-22(31)34-28(2,3)4)32-26-24-23(20-13-9-10-14-20)25(21-15-6-5-7-16-21)33-27(24)30-18-29-26/h5-7,13,15-16,18-19H,8-12,14,17H2,1-4H3/t19-/m1/s1. The Morgan fingerprint density at radius 1 is 1.15 bits per heavy atom. The van der Waals surface area contributed by atoms with E-state index in [-0.39, 0.29) is 12.1 Å². The first-order valence-electron chi connectivity index (χ1n) is 12.2. The number of hydrogen-bond donors (Lipinski definition) is 0. The average molecular weight is 463 g/mol. The minimum Gasteiger partial charge on any atom is -0.474 e. The van der Waals surface area contributed by atoms with Gasteiger partial charge in [-0.15, -0.1) is 0 Å². The highest BCUT2D eigenvalue weighted by molar-refractivity contribution is 5.99. The number of aromatic nitrogens is 2. The van der Waals surface area contributed by atoms with Crippen LogP contribution in [0.2, 0.25) is 0 Å². The van der Waals surface area contributed by atoms with E-state index in [1.54, 1.807) is 0 Å². The molecule has 3 aromatic rings. The Morgan fingerprint density at radius 2 is 1.94 bits per heavy atom. The van der Waals surface area contributed by atoms with Gasteiger partial charge < -0.3 is 13.9 Å². The molecule has 0 aliphatic heterocycles. The van der Waals surface area contributed by atoms with E-state index < -0.39 is 5.60 Å². The van der Waals surface area contributed by atoms with E-state index in [0.29, 0.717) is 18.0 Å². The third-order valence-electron chi connectivity index (χ3n) is 5.83. The normalized spacial score (nSPS) is 14.8. The molecule has 0 N–H and O–H groups in total. The molecule has 0 radical (unpaired) electrons. The van der Waals surface area contributed by atoms with E-state index in [1.807, 2.05) is 45.9 Å². The van der Waals surface area contributed by atoms with E-state index in [2.05, 4.69) is 28.2 Å². The zero-order chi connectivity index (χ0) is 24.1. The number of nitrogens with zero attached hydrogens (tertiary/aromatic N) is 2. The van der Waals surface area contributed by atoms with Gasteiger partial charge in [-0.1, -0.05) is 36.4 Å². The number of hydrogen-bond acceptors (Lipinski definition) is 6. The largest absolute Gasteiger partial charge is 0.474 e. The van der Waals surface area contributed by atoms with Crippen molar-refractivity contribution in [2.24, 2.45) is 0 Å². The number of ether oxygens (including phenoxy) is 2. The first-order chi connectivity index (χ1) is 16.3. The zero-order valence-electron chi connectivity index (χ0n) is 20.6. The van der Waals surface area contributed by atoms with Gasteiger partial charge in [0.2, 0.25) is 11.6 Å². The number of rotatable bonds is 9. The van der Waals surface area contributed by atoms with Gasteiger partial charge in [-0.05, 0) is 71.8 Å². The second kappa shape index (κ2) is 10.4. The number of benzene rings is 1. The van der Waals surface area contributed by atoms with Crippen LogP contribution in [0.1, 0.15) is 78.2 Å². The highest BCUT2D eigenvalue weighted by Gasteiger charge is 2.26. The third-order valence-corrected chi connectivity index (χ3v) is 5.83. The summed E-state index contributed by atoms with van der Waals surface area (Å²) in [7, 11) is 0. The van der Waals surface area contributed by atoms with Crippen molar-refractivity contribution in [3.8, 4) is 17.2 Å². The van der Waals surface area contributed by atoms with E-state index in [1.165, 1.54) is 11.9 Å². The van der Waals surface area contributed by atoms with Gasteiger partial charge in [-0.2, -0.15) is 0 Å². The van der Waals surface area contributed by atoms with Gasteiger partial charge in [0.1, 0.15) is 23.1 Å². The van der Waals surface area contributed by atoms with E-state index >= 15 is 0 Å². The van der Waals surface area contributed by atoms with Gasteiger partial charge >= 0.3 is 5.97 Å². The minimum atomic E-state index is -0.443. The number of carbonyl (C=O) groups is 1. The van der Waals surface area contributed by atoms with Crippen LogP contribution in [0.25, 0.3) is 28.0 Å². The van der Waals surface area contributed by atoms with Crippen LogP contribution in [-0.4, -0.2) is 27.6 Å².